The first-order valence-electron chi connectivity index (χ1n) is 8.01. The maximum absolute atomic E-state index is 12.8. The largest absolute Gasteiger partial charge is 0.385 e. The minimum absolute atomic E-state index is 0. The Hall–Kier alpha value is -0.890. The monoisotopic (exact) mass is 437 g/mol. The number of ether oxygens (including phenoxy) is 1. The molecule has 2 N–H and O–H groups in total. The summed E-state index contributed by atoms with van der Waals surface area (Å²) in [5.74, 6) is 0.649. The van der Waals surface area contributed by atoms with Crippen molar-refractivity contribution < 1.29 is 9.13 Å². The van der Waals surface area contributed by atoms with Crippen LogP contribution < -0.4 is 10.6 Å². The zero-order valence-electron chi connectivity index (χ0n) is 14.1. The van der Waals surface area contributed by atoms with E-state index in [1.165, 1.54) is 12.1 Å². The van der Waals surface area contributed by atoms with Gasteiger partial charge in [0.1, 0.15) is 5.82 Å². The van der Waals surface area contributed by atoms with E-state index in [1.807, 2.05) is 12.1 Å². The molecule has 0 heterocycles. The SMILES string of the molecule is CCNC(=NCCCCCOC)NCCc1ccc(F)cc1.I. The van der Waals surface area contributed by atoms with Gasteiger partial charge in [-0.15, -0.1) is 24.0 Å². The molecule has 0 radical (unpaired) electrons. The number of halogens is 2. The van der Waals surface area contributed by atoms with Crippen molar-refractivity contribution in [3.05, 3.63) is 35.6 Å². The van der Waals surface area contributed by atoms with E-state index >= 15 is 0 Å². The van der Waals surface area contributed by atoms with Crippen molar-refractivity contribution in [2.45, 2.75) is 32.6 Å². The number of aliphatic imine (C=N–C) groups is 1. The number of nitrogens with one attached hydrogen (secondary N) is 2. The summed E-state index contributed by atoms with van der Waals surface area (Å²) in [5.41, 5.74) is 1.12. The van der Waals surface area contributed by atoms with Gasteiger partial charge >= 0.3 is 0 Å². The number of rotatable bonds is 10. The molecule has 0 unspecified atom stereocenters. The number of hydrogen-bond donors (Lipinski definition) is 2. The van der Waals surface area contributed by atoms with Crippen LogP contribution in [0, 0.1) is 5.82 Å². The maximum Gasteiger partial charge on any atom is 0.191 e. The lowest BCUT2D eigenvalue weighted by Crippen LogP contribution is -2.38. The predicted molar refractivity (Wildman–Crippen MR) is 105 cm³/mol. The number of hydrogen-bond acceptors (Lipinski definition) is 2. The second-order valence-electron chi connectivity index (χ2n) is 5.12. The van der Waals surface area contributed by atoms with Crippen LogP contribution in [0.15, 0.2) is 29.3 Å². The van der Waals surface area contributed by atoms with Crippen LogP contribution >= 0.6 is 24.0 Å². The van der Waals surface area contributed by atoms with Gasteiger partial charge in [-0.05, 0) is 50.3 Å². The van der Waals surface area contributed by atoms with E-state index in [0.29, 0.717) is 0 Å². The second kappa shape index (κ2) is 14.7. The van der Waals surface area contributed by atoms with Gasteiger partial charge in [-0.3, -0.25) is 4.99 Å². The van der Waals surface area contributed by atoms with Crippen LogP contribution in [0.25, 0.3) is 0 Å². The van der Waals surface area contributed by atoms with Crippen molar-refractivity contribution in [1.29, 1.82) is 0 Å². The van der Waals surface area contributed by atoms with Gasteiger partial charge in [-0.25, -0.2) is 4.39 Å². The topological polar surface area (TPSA) is 45.7 Å². The van der Waals surface area contributed by atoms with Gasteiger partial charge in [0, 0.05) is 33.4 Å². The smallest absolute Gasteiger partial charge is 0.191 e. The molecule has 1 aromatic rings. The third-order valence-corrected chi connectivity index (χ3v) is 3.24. The average Bonchev–Trinajstić information content (AvgIpc) is 2.52. The molecule has 0 saturated heterocycles. The number of guanidine groups is 1. The standard InChI is InChI=1S/C17H28FN3O.HI/c1-3-19-17(20-12-5-4-6-14-22-2)21-13-11-15-7-9-16(18)10-8-15;/h7-10H,3-6,11-14H2,1-2H3,(H2,19,20,21);1H. The van der Waals surface area contributed by atoms with Gasteiger partial charge in [0.15, 0.2) is 5.96 Å². The van der Waals surface area contributed by atoms with Crippen LogP contribution in [0.5, 0.6) is 0 Å². The van der Waals surface area contributed by atoms with E-state index in [1.54, 1.807) is 7.11 Å². The molecule has 6 heteroatoms. The van der Waals surface area contributed by atoms with Crippen molar-refractivity contribution in [3.63, 3.8) is 0 Å². The summed E-state index contributed by atoms with van der Waals surface area (Å²) in [5, 5.41) is 6.54. The lowest BCUT2D eigenvalue weighted by atomic mass is 10.1. The number of unbranched alkanes of at least 4 members (excludes halogenated alkanes) is 2. The lowest BCUT2D eigenvalue weighted by molar-refractivity contribution is 0.192. The van der Waals surface area contributed by atoms with E-state index in [2.05, 4.69) is 22.5 Å². The fraction of sp³-hybridized carbons (Fsp3) is 0.588. The summed E-state index contributed by atoms with van der Waals surface area (Å²) < 4.78 is 17.9. The highest BCUT2D eigenvalue weighted by Gasteiger charge is 1.98. The molecule has 0 aromatic heterocycles. The molecule has 0 aliphatic rings. The first kappa shape index (κ1) is 22.1. The Balaban J connectivity index is 0.00000484. The molecule has 0 amide bonds. The van der Waals surface area contributed by atoms with Crippen molar-refractivity contribution in [2.24, 2.45) is 4.99 Å². The third kappa shape index (κ3) is 11.3. The van der Waals surface area contributed by atoms with Gasteiger partial charge in [0.2, 0.25) is 0 Å². The fourth-order valence-electron chi connectivity index (χ4n) is 2.04. The Kier molecular flexibility index (Phi) is 14.1. The quantitative estimate of drug-likeness (QED) is 0.256. The molecular formula is C17H29FIN3O. The van der Waals surface area contributed by atoms with Crippen molar-refractivity contribution in [3.8, 4) is 0 Å². The minimum Gasteiger partial charge on any atom is -0.385 e. The van der Waals surface area contributed by atoms with Gasteiger partial charge in [-0.1, -0.05) is 12.1 Å². The summed E-state index contributed by atoms with van der Waals surface area (Å²) in [6.07, 6.45) is 4.13. The summed E-state index contributed by atoms with van der Waals surface area (Å²) >= 11 is 0. The second-order valence-corrected chi connectivity index (χ2v) is 5.12. The fourth-order valence-corrected chi connectivity index (χ4v) is 2.04. The van der Waals surface area contributed by atoms with Gasteiger partial charge in [0.25, 0.3) is 0 Å². The van der Waals surface area contributed by atoms with Gasteiger partial charge in [0.05, 0.1) is 0 Å². The Morgan fingerprint density at radius 2 is 1.87 bits per heavy atom. The normalized spacial score (nSPS) is 11.0. The first-order chi connectivity index (χ1) is 10.8. The Morgan fingerprint density at radius 3 is 2.52 bits per heavy atom. The number of benzene rings is 1. The molecule has 0 spiro atoms. The molecule has 0 aliphatic heterocycles. The Morgan fingerprint density at radius 1 is 1.13 bits per heavy atom. The highest BCUT2D eigenvalue weighted by atomic mass is 127. The molecule has 1 rings (SSSR count). The third-order valence-electron chi connectivity index (χ3n) is 3.24. The first-order valence-corrected chi connectivity index (χ1v) is 8.01. The van der Waals surface area contributed by atoms with Crippen molar-refractivity contribution in [2.75, 3.05) is 33.4 Å². The van der Waals surface area contributed by atoms with E-state index in [4.69, 9.17) is 4.74 Å². The summed E-state index contributed by atoms with van der Waals surface area (Å²) in [6.45, 7) is 5.30. The van der Waals surface area contributed by atoms with Crippen LogP contribution in [-0.2, 0) is 11.2 Å². The minimum atomic E-state index is -0.194. The maximum atomic E-state index is 12.8. The van der Waals surface area contributed by atoms with Crippen LogP contribution in [0.4, 0.5) is 4.39 Å². The highest BCUT2D eigenvalue weighted by Crippen LogP contribution is 2.02. The molecule has 4 nitrogen and oxygen atoms in total. The molecular weight excluding hydrogens is 408 g/mol. The van der Waals surface area contributed by atoms with Crippen molar-refractivity contribution in [1.82, 2.24) is 10.6 Å². The molecule has 132 valence electrons. The van der Waals surface area contributed by atoms with E-state index in [-0.39, 0.29) is 29.8 Å². The zero-order valence-corrected chi connectivity index (χ0v) is 16.4. The van der Waals surface area contributed by atoms with Crippen LogP contribution in [-0.4, -0.2) is 39.3 Å². The van der Waals surface area contributed by atoms with Crippen molar-refractivity contribution >= 4 is 29.9 Å². The summed E-state index contributed by atoms with van der Waals surface area (Å²) in [4.78, 5) is 4.55. The van der Waals surface area contributed by atoms with Crippen LogP contribution in [0.2, 0.25) is 0 Å². The molecule has 0 bridgehead atoms. The van der Waals surface area contributed by atoms with E-state index in [0.717, 1.165) is 63.4 Å². The Labute approximate surface area is 156 Å². The Bertz CT molecular complexity index is 426. The lowest BCUT2D eigenvalue weighted by Gasteiger charge is -2.11. The molecule has 0 aliphatic carbocycles. The highest BCUT2D eigenvalue weighted by molar-refractivity contribution is 14.0. The molecule has 1 aromatic carbocycles. The zero-order chi connectivity index (χ0) is 16.0. The molecule has 0 saturated carbocycles. The van der Waals surface area contributed by atoms with E-state index in [9.17, 15) is 4.39 Å². The van der Waals surface area contributed by atoms with Crippen LogP contribution in [0.3, 0.4) is 0 Å². The van der Waals surface area contributed by atoms with Gasteiger partial charge in [-0.2, -0.15) is 0 Å². The molecule has 0 fully saturated rings. The van der Waals surface area contributed by atoms with E-state index < -0.39 is 0 Å². The molecule has 23 heavy (non-hydrogen) atoms. The molecule has 0 atom stereocenters. The van der Waals surface area contributed by atoms with Gasteiger partial charge < -0.3 is 15.4 Å². The number of methoxy groups -OCH3 is 1. The van der Waals surface area contributed by atoms with Crippen LogP contribution in [0.1, 0.15) is 31.7 Å². The average molecular weight is 437 g/mol. The predicted octanol–water partition coefficient (Wildman–Crippen LogP) is 3.36. The summed E-state index contributed by atoms with van der Waals surface area (Å²) in [6, 6.07) is 6.62. The summed E-state index contributed by atoms with van der Waals surface area (Å²) in [7, 11) is 1.73. The number of nitrogens with zero attached hydrogens (tertiary/aromatic N) is 1.